The summed E-state index contributed by atoms with van der Waals surface area (Å²) < 4.78 is 17.4. The molecule has 151 valence electrons. The number of ether oxygens (including phenoxy) is 3. The van der Waals surface area contributed by atoms with Crippen LogP contribution in [-0.4, -0.2) is 39.6 Å². The van der Waals surface area contributed by atoms with Gasteiger partial charge in [-0.1, -0.05) is 91.0 Å². The van der Waals surface area contributed by atoms with Gasteiger partial charge in [0.1, 0.15) is 12.2 Å². The second-order valence-corrected chi connectivity index (χ2v) is 6.56. The molecule has 4 nitrogen and oxygen atoms in total. The van der Waals surface area contributed by atoms with E-state index < -0.39 is 5.60 Å². The highest BCUT2D eigenvalue weighted by atomic mass is 16.6. The summed E-state index contributed by atoms with van der Waals surface area (Å²) in [6.45, 7) is 1.72. The number of hydrogen-bond acceptors (Lipinski definition) is 3. The van der Waals surface area contributed by atoms with Gasteiger partial charge in [-0.2, -0.15) is 0 Å². The van der Waals surface area contributed by atoms with E-state index in [0.29, 0.717) is 26.4 Å². The van der Waals surface area contributed by atoms with Gasteiger partial charge in [-0.3, -0.25) is 0 Å². The Morgan fingerprint density at radius 2 is 0.897 bits per heavy atom. The molecule has 0 aromatic heterocycles. The van der Waals surface area contributed by atoms with Gasteiger partial charge in [-0.15, -0.1) is 0 Å². The molecule has 29 heavy (non-hydrogen) atoms. The Morgan fingerprint density at radius 3 is 1.31 bits per heavy atom. The third kappa shape index (κ3) is 5.52. The highest BCUT2D eigenvalue weighted by Gasteiger charge is 2.37. The molecule has 0 spiro atoms. The van der Waals surface area contributed by atoms with Crippen LogP contribution in [0, 0.1) is 0 Å². The molecule has 3 rings (SSSR count). The zero-order chi connectivity index (χ0) is 20.2. The monoisotopic (exact) mass is 391 g/mol. The van der Waals surface area contributed by atoms with Crippen molar-refractivity contribution in [3.05, 3.63) is 108 Å². The topological polar surface area (TPSA) is 47.6 Å². The zero-order valence-corrected chi connectivity index (χ0v) is 16.5. The standard InChI is InChI=1S/C25H27O4/c26-16-17-27-18-19-28-20-21-29-25(22-10-4-1-5-11-22,23-12-6-2-7-13-23)24-14-8-3-9-15-24/h1-15H,16-21H2. The van der Waals surface area contributed by atoms with Crippen LogP contribution in [0.5, 0.6) is 0 Å². The Hall–Kier alpha value is -2.50. The van der Waals surface area contributed by atoms with Crippen molar-refractivity contribution in [2.45, 2.75) is 5.60 Å². The number of benzene rings is 3. The highest BCUT2D eigenvalue weighted by Crippen LogP contribution is 2.40. The minimum atomic E-state index is -0.730. The van der Waals surface area contributed by atoms with Crippen LogP contribution in [0.25, 0.3) is 0 Å². The summed E-state index contributed by atoms with van der Waals surface area (Å²) in [4.78, 5) is 0. The molecule has 0 fully saturated rings. The van der Waals surface area contributed by atoms with Gasteiger partial charge in [0, 0.05) is 0 Å². The molecule has 3 aromatic carbocycles. The predicted molar refractivity (Wildman–Crippen MR) is 112 cm³/mol. The average Bonchev–Trinajstić information content (AvgIpc) is 2.80. The normalized spacial score (nSPS) is 11.5. The molecular formula is C25H27O4. The first kappa shape index (κ1) is 21.2. The SMILES string of the molecule is [O]CCOCCOCCOC(c1ccccc1)(c1ccccc1)c1ccccc1. The van der Waals surface area contributed by atoms with Crippen molar-refractivity contribution in [1.82, 2.24) is 0 Å². The van der Waals surface area contributed by atoms with E-state index in [1.807, 2.05) is 54.6 Å². The smallest absolute Gasteiger partial charge is 0.143 e. The second kappa shape index (κ2) is 11.5. The summed E-state index contributed by atoms with van der Waals surface area (Å²) >= 11 is 0. The van der Waals surface area contributed by atoms with E-state index in [4.69, 9.17) is 14.2 Å². The maximum Gasteiger partial charge on any atom is 0.143 e. The summed E-state index contributed by atoms with van der Waals surface area (Å²) in [6, 6.07) is 30.8. The first-order chi connectivity index (χ1) is 14.4. The Bertz CT molecular complexity index is 709. The van der Waals surface area contributed by atoms with Crippen molar-refractivity contribution < 1.29 is 19.3 Å². The minimum Gasteiger partial charge on any atom is -0.377 e. The van der Waals surface area contributed by atoms with Crippen LogP contribution in [0.1, 0.15) is 16.7 Å². The van der Waals surface area contributed by atoms with Crippen molar-refractivity contribution in [1.29, 1.82) is 0 Å². The zero-order valence-electron chi connectivity index (χ0n) is 16.5. The summed E-state index contributed by atoms with van der Waals surface area (Å²) in [5.41, 5.74) is 2.47. The fourth-order valence-corrected chi connectivity index (χ4v) is 3.40. The minimum absolute atomic E-state index is 0.221. The quantitative estimate of drug-likeness (QED) is 0.338. The van der Waals surface area contributed by atoms with Gasteiger partial charge in [0.05, 0.1) is 33.0 Å². The van der Waals surface area contributed by atoms with E-state index >= 15 is 0 Å². The molecule has 0 atom stereocenters. The molecule has 3 aromatic rings. The molecule has 0 heterocycles. The Balaban J connectivity index is 1.83. The molecule has 0 saturated heterocycles. The molecule has 0 aliphatic rings. The van der Waals surface area contributed by atoms with E-state index in [9.17, 15) is 5.11 Å². The van der Waals surface area contributed by atoms with E-state index in [1.54, 1.807) is 0 Å². The van der Waals surface area contributed by atoms with Gasteiger partial charge in [-0.05, 0) is 16.7 Å². The van der Waals surface area contributed by atoms with Crippen molar-refractivity contribution in [2.75, 3.05) is 39.6 Å². The van der Waals surface area contributed by atoms with Crippen LogP contribution in [0.3, 0.4) is 0 Å². The van der Waals surface area contributed by atoms with E-state index in [-0.39, 0.29) is 13.2 Å². The van der Waals surface area contributed by atoms with E-state index in [0.717, 1.165) is 16.7 Å². The third-order valence-corrected chi connectivity index (χ3v) is 4.69. The summed E-state index contributed by atoms with van der Waals surface area (Å²) in [6.07, 6.45) is 0. The predicted octanol–water partition coefficient (Wildman–Crippen LogP) is 4.46. The van der Waals surface area contributed by atoms with Crippen molar-refractivity contribution in [2.24, 2.45) is 0 Å². The first-order valence-electron chi connectivity index (χ1n) is 9.92. The fourth-order valence-electron chi connectivity index (χ4n) is 3.40. The van der Waals surface area contributed by atoms with Gasteiger partial charge in [0.25, 0.3) is 0 Å². The molecule has 0 bridgehead atoms. The maximum atomic E-state index is 10.4. The van der Waals surface area contributed by atoms with Gasteiger partial charge < -0.3 is 14.2 Å². The lowest BCUT2D eigenvalue weighted by Crippen LogP contribution is -2.34. The van der Waals surface area contributed by atoms with Crippen LogP contribution < -0.4 is 0 Å². The lowest BCUT2D eigenvalue weighted by molar-refractivity contribution is -0.0363. The van der Waals surface area contributed by atoms with Crippen LogP contribution >= 0.6 is 0 Å². The molecular weight excluding hydrogens is 364 g/mol. The van der Waals surface area contributed by atoms with Crippen molar-refractivity contribution in [3.63, 3.8) is 0 Å². The van der Waals surface area contributed by atoms with E-state index in [1.165, 1.54) is 0 Å². The first-order valence-corrected chi connectivity index (χ1v) is 9.92. The summed E-state index contributed by atoms with van der Waals surface area (Å²) in [5, 5.41) is 10.4. The molecule has 0 aliphatic carbocycles. The molecule has 0 saturated carbocycles. The molecule has 4 heteroatoms. The summed E-state index contributed by atoms with van der Waals surface area (Å²) in [5.74, 6) is 0. The van der Waals surface area contributed by atoms with Crippen molar-refractivity contribution in [3.8, 4) is 0 Å². The largest absolute Gasteiger partial charge is 0.377 e. The molecule has 1 radical (unpaired) electrons. The summed E-state index contributed by atoms with van der Waals surface area (Å²) in [7, 11) is 0. The van der Waals surface area contributed by atoms with Gasteiger partial charge in [0.2, 0.25) is 0 Å². The van der Waals surface area contributed by atoms with Crippen LogP contribution in [-0.2, 0) is 24.9 Å². The molecule has 0 N–H and O–H groups in total. The number of hydrogen-bond donors (Lipinski definition) is 0. The number of rotatable bonds is 12. The van der Waals surface area contributed by atoms with Crippen LogP contribution in [0.4, 0.5) is 0 Å². The Labute approximate surface area is 172 Å². The molecule has 0 amide bonds. The molecule has 0 aliphatic heterocycles. The van der Waals surface area contributed by atoms with Gasteiger partial charge in [0.15, 0.2) is 0 Å². The average molecular weight is 391 g/mol. The van der Waals surface area contributed by atoms with Gasteiger partial charge in [-0.25, -0.2) is 5.11 Å². The van der Waals surface area contributed by atoms with Crippen LogP contribution in [0.2, 0.25) is 0 Å². The third-order valence-electron chi connectivity index (χ3n) is 4.69. The second-order valence-electron chi connectivity index (χ2n) is 6.56. The van der Waals surface area contributed by atoms with E-state index in [2.05, 4.69) is 36.4 Å². The Morgan fingerprint density at radius 1 is 0.517 bits per heavy atom. The van der Waals surface area contributed by atoms with Gasteiger partial charge >= 0.3 is 0 Å². The fraction of sp³-hybridized carbons (Fsp3) is 0.280. The lowest BCUT2D eigenvalue weighted by Gasteiger charge is -2.36. The molecule has 0 unspecified atom stereocenters. The Kier molecular flexibility index (Phi) is 8.40. The maximum absolute atomic E-state index is 10.4. The van der Waals surface area contributed by atoms with Crippen molar-refractivity contribution >= 4 is 0 Å². The lowest BCUT2D eigenvalue weighted by atomic mass is 9.80. The highest BCUT2D eigenvalue weighted by molar-refractivity contribution is 5.47. The van der Waals surface area contributed by atoms with Crippen LogP contribution in [0.15, 0.2) is 91.0 Å².